The smallest absolute Gasteiger partial charge is 0.407 e. The van der Waals surface area contributed by atoms with Crippen LogP contribution in [0.15, 0.2) is 0 Å². The topological polar surface area (TPSA) is 61.8 Å². The lowest BCUT2D eigenvalue weighted by Crippen LogP contribution is -2.53. The largest absolute Gasteiger partial charge is 0.444 e. The fourth-order valence-corrected chi connectivity index (χ4v) is 3.46. The molecule has 1 amide bonds. The fraction of sp³-hybridized carbons (Fsp3) is 0.941. The number of piperidine rings is 1. The second-order valence-corrected chi connectivity index (χ2v) is 7.97. The van der Waals surface area contributed by atoms with Gasteiger partial charge in [0, 0.05) is 32.3 Å². The number of nitrogens with zero attached hydrogens (tertiary/aromatic N) is 1. The van der Waals surface area contributed by atoms with Crippen molar-refractivity contribution < 1.29 is 14.6 Å². The third-order valence-corrected chi connectivity index (χ3v) is 4.61. The molecule has 0 aromatic heterocycles. The normalized spacial score (nSPS) is 27.3. The summed E-state index contributed by atoms with van der Waals surface area (Å²) in [7, 11) is 0. The van der Waals surface area contributed by atoms with Crippen molar-refractivity contribution in [3.05, 3.63) is 0 Å². The minimum absolute atomic E-state index is 0.125. The van der Waals surface area contributed by atoms with E-state index in [1.807, 2.05) is 20.8 Å². The van der Waals surface area contributed by atoms with Gasteiger partial charge >= 0.3 is 6.09 Å². The molecule has 5 nitrogen and oxygen atoms in total. The lowest BCUT2D eigenvalue weighted by molar-refractivity contribution is 0.0414. The van der Waals surface area contributed by atoms with Crippen LogP contribution in [-0.2, 0) is 4.74 Å². The van der Waals surface area contributed by atoms with E-state index in [2.05, 4.69) is 10.2 Å². The molecule has 2 aliphatic rings. The fourth-order valence-electron chi connectivity index (χ4n) is 3.46. The molecule has 0 spiro atoms. The molecular weight excluding hydrogens is 280 g/mol. The summed E-state index contributed by atoms with van der Waals surface area (Å²) in [6, 6.07) is 0.125. The predicted octanol–water partition coefficient (Wildman–Crippen LogP) is 2.38. The number of rotatable bonds is 5. The van der Waals surface area contributed by atoms with Crippen LogP contribution in [0, 0.1) is 11.8 Å². The Labute approximate surface area is 134 Å². The number of hydrogen-bond donors (Lipinski definition) is 2. The Morgan fingerprint density at radius 3 is 2.55 bits per heavy atom. The minimum atomic E-state index is -0.463. The first-order valence-electron chi connectivity index (χ1n) is 8.68. The van der Waals surface area contributed by atoms with Crippen LogP contribution in [-0.4, -0.2) is 54.0 Å². The van der Waals surface area contributed by atoms with Gasteiger partial charge in [-0.15, -0.1) is 0 Å². The van der Waals surface area contributed by atoms with Crippen LogP contribution in [0.2, 0.25) is 0 Å². The molecule has 1 aliphatic heterocycles. The van der Waals surface area contributed by atoms with Gasteiger partial charge in [0.2, 0.25) is 0 Å². The zero-order chi connectivity index (χ0) is 16.2. The predicted molar refractivity (Wildman–Crippen MR) is 86.7 cm³/mol. The maximum Gasteiger partial charge on any atom is 0.407 e. The highest BCUT2D eigenvalue weighted by atomic mass is 16.6. The van der Waals surface area contributed by atoms with E-state index in [1.54, 1.807) is 0 Å². The quantitative estimate of drug-likeness (QED) is 0.818. The molecular formula is C17H32N2O3. The lowest BCUT2D eigenvalue weighted by atomic mass is 9.83. The summed E-state index contributed by atoms with van der Waals surface area (Å²) in [6.07, 6.45) is 5.45. The molecule has 128 valence electrons. The van der Waals surface area contributed by atoms with Crippen molar-refractivity contribution in [2.75, 3.05) is 26.2 Å². The molecule has 0 radical (unpaired) electrons. The van der Waals surface area contributed by atoms with Crippen LogP contribution < -0.4 is 5.32 Å². The molecule has 0 bridgehead atoms. The molecule has 1 aliphatic carbocycles. The second-order valence-electron chi connectivity index (χ2n) is 7.97. The Hall–Kier alpha value is -0.810. The van der Waals surface area contributed by atoms with Gasteiger partial charge in [0.25, 0.3) is 0 Å². The molecule has 1 saturated carbocycles. The Morgan fingerprint density at radius 2 is 2.00 bits per heavy atom. The SMILES string of the molecule is CC(C)(C)OC(=O)NC1CC(CCO)CN(CC2CCC2)C1. The zero-order valence-corrected chi connectivity index (χ0v) is 14.3. The molecule has 22 heavy (non-hydrogen) atoms. The first-order valence-corrected chi connectivity index (χ1v) is 8.68. The molecule has 2 fully saturated rings. The van der Waals surface area contributed by atoms with E-state index in [4.69, 9.17) is 4.74 Å². The first kappa shape index (κ1) is 17.5. The number of aliphatic hydroxyl groups excluding tert-OH is 1. The second kappa shape index (κ2) is 7.64. The van der Waals surface area contributed by atoms with Crippen molar-refractivity contribution >= 4 is 6.09 Å². The van der Waals surface area contributed by atoms with Gasteiger partial charge in [0.1, 0.15) is 5.60 Å². The molecule has 2 atom stereocenters. The highest BCUT2D eigenvalue weighted by Crippen LogP contribution is 2.29. The number of hydrogen-bond acceptors (Lipinski definition) is 4. The summed E-state index contributed by atoms with van der Waals surface area (Å²) >= 11 is 0. The Bertz CT molecular complexity index is 363. The van der Waals surface area contributed by atoms with Crippen molar-refractivity contribution in [2.45, 2.75) is 64.5 Å². The molecule has 5 heteroatoms. The van der Waals surface area contributed by atoms with E-state index in [0.29, 0.717) is 5.92 Å². The molecule has 2 rings (SSSR count). The average molecular weight is 312 g/mol. The standard InChI is InChI=1S/C17H32N2O3/c1-17(2,3)22-16(21)18-15-9-14(7-8-20)11-19(12-15)10-13-5-4-6-13/h13-15,20H,4-12H2,1-3H3,(H,18,21). The van der Waals surface area contributed by atoms with E-state index in [-0.39, 0.29) is 18.7 Å². The molecule has 2 N–H and O–H groups in total. The van der Waals surface area contributed by atoms with Crippen LogP contribution in [0.4, 0.5) is 4.79 Å². The van der Waals surface area contributed by atoms with Crippen LogP contribution in [0.3, 0.4) is 0 Å². The molecule has 0 aromatic rings. The Morgan fingerprint density at radius 1 is 1.27 bits per heavy atom. The van der Waals surface area contributed by atoms with E-state index >= 15 is 0 Å². The van der Waals surface area contributed by atoms with Gasteiger partial charge in [-0.25, -0.2) is 4.79 Å². The summed E-state index contributed by atoms with van der Waals surface area (Å²) in [5, 5.41) is 12.3. The molecule has 1 heterocycles. The van der Waals surface area contributed by atoms with Crippen molar-refractivity contribution in [1.82, 2.24) is 10.2 Å². The monoisotopic (exact) mass is 312 g/mol. The maximum atomic E-state index is 12.0. The van der Waals surface area contributed by atoms with Crippen LogP contribution in [0.5, 0.6) is 0 Å². The Balaban J connectivity index is 1.86. The lowest BCUT2D eigenvalue weighted by Gasteiger charge is -2.41. The highest BCUT2D eigenvalue weighted by Gasteiger charge is 2.31. The van der Waals surface area contributed by atoms with E-state index in [0.717, 1.165) is 38.4 Å². The summed E-state index contributed by atoms with van der Waals surface area (Å²) in [5.74, 6) is 1.29. The zero-order valence-electron chi connectivity index (χ0n) is 14.3. The summed E-state index contributed by atoms with van der Waals surface area (Å²) in [6.45, 7) is 8.94. The van der Waals surface area contributed by atoms with Gasteiger partial charge in [-0.2, -0.15) is 0 Å². The van der Waals surface area contributed by atoms with Crippen molar-refractivity contribution in [3.63, 3.8) is 0 Å². The Kier molecular flexibility index (Phi) is 6.09. The van der Waals surface area contributed by atoms with E-state index < -0.39 is 5.60 Å². The van der Waals surface area contributed by atoms with Crippen LogP contribution in [0.1, 0.15) is 52.9 Å². The van der Waals surface area contributed by atoms with Gasteiger partial charge in [0.05, 0.1) is 0 Å². The van der Waals surface area contributed by atoms with Gasteiger partial charge in [-0.1, -0.05) is 6.42 Å². The minimum Gasteiger partial charge on any atom is -0.444 e. The number of amides is 1. The molecule has 0 aromatic carbocycles. The summed E-state index contributed by atoms with van der Waals surface area (Å²) < 4.78 is 5.37. The van der Waals surface area contributed by atoms with Gasteiger partial charge in [-0.3, -0.25) is 0 Å². The number of aliphatic hydroxyl groups is 1. The van der Waals surface area contributed by atoms with Gasteiger partial charge in [0.15, 0.2) is 0 Å². The number of carbonyl (C=O) groups excluding carboxylic acids is 1. The molecule has 1 saturated heterocycles. The number of alkyl carbamates (subject to hydrolysis) is 1. The van der Waals surface area contributed by atoms with Gasteiger partial charge in [-0.05, 0) is 58.3 Å². The number of ether oxygens (including phenoxy) is 1. The third kappa shape index (κ3) is 5.76. The van der Waals surface area contributed by atoms with E-state index in [1.165, 1.54) is 19.3 Å². The molecule has 2 unspecified atom stereocenters. The highest BCUT2D eigenvalue weighted by molar-refractivity contribution is 5.68. The third-order valence-electron chi connectivity index (χ3n) is 4.61. The average Bonchev–Trinajstić information content (AvgIpc) is 2.31. The van der Waals surface area contributed by atoms with Crippen molar-refractivity contribution in [1.29, 1.82) is 0 Å². The first-order chi connectivity index (χ1) is 10.4. The van der Waals surface area contributed by atoms with Crippen molar-refractivity contribution in [2.24, 2.45) is 11.8 Å². The number of likely N-dealkylation sites (tertiary alicyclic amines) is 1. The van der Waals surface area contributed by atoms with Crippen LogP contribution in [0.25, 0.3) is 0 Å². The summed E-state index contributed by atoms with van der Waals surface area (Å²) in [5.41, 5.74) is -0.463. The van der Waals surface area contributed by atoms with E-state index in [9.17, 15) is 9.90 Å². The number of carbonyl (C=O) groups is 1. The number of nitrogens with one attached hydrogen (secondary N) is 1. The van der Waals surface area contributed by atoms with Crippen LogP contribution >= 0.6 is 0 Å². The maximum absolute atomic E-state index is 12.0. The van der Waals surface area contributed by atoms with Crippen molar-refractivity contribution in [3.8, 4) is 0 Å². The van der Waals surface area contributed by atoms with Gasteiger partial charge < -0.3 is 20.1 Å². The summed E-state index contributed by atoms with van der Waals surface area (Å²) in [4.78, 5) is 14.5.